The largest absolute Gasteiger partial charge is 0.326 e. The van der Waals surface area contributed by atoms with E-state index in [-0.39, 0.29) is 17.9 Å². The predicted molar refractivity (Wildman–Crippen MR) is 121 cm³/mol. The number of fused-ring (bicyclic) bond motifs is 1. The zero-order valence-corrected chi connectivity index (χ0v) is 16.9. The van der Waals surface area contributed by atoms with Crippen LogP contribution in [0.5, 0.6) is 0 Å². The average molecular weight is 399 g/mol. The first-order valence-corrected chi connectivity index (χ1v) is 10.2. The molecule has 3 N–H and O–H groups in total. The van der Waals surface area contributed by atoms with Crippen LogP contribution in [0.4, 0.5) is 21.9 Å². The monoisotopic (exact) mass is 399 g/mol. The Balaban J connectivity index is 1.38. The van der Waals surface area contributed by atoms with Gasteiger partial charge >= 0.3 is 6.03 Å². The van der Waals surface area contributed by atoms with Crippen molar-refractivity contribution in [1.29, 1.82) is 0 Å². The van der Waals surface area contributed by atoms with E-state index in [1.54, 1.807) is 6.07 Å². The van der Waals surface area contributed by atoms with Crippen molar-refractivity contribution in [3.63, 3.8) is 0 Å². The van der Waals surface area contributed by atoms with E-state index in [1.807, 2.05) is 55.5 Å². The summed E-state index contributed by atoms with van der Waals surface area (Å²) in [5.41, 5.74) is 5.63. The lowest BCUT2D eigenvalue weighted by Gasteiger charge is -2.14. The van der Waals surface area contributed by atoms with Gasteiger partial charge in [-0.05, 0) is 66.6 Å². The highest BCUT2D eigenvalue weighted by Crippen LogP contribution is 2.35. The minimum absolute atomic E-state index is 0.00862. The summed E-state index contributed by atoms with van der Waals surface area (Å²) in [6.45, 7) is 1.94. The molecule has 3 aromatic rings. The van der Waals surface area contributed by atoms with Crippen LogP contribution in [0.3, 0.4) is 0 Å². The number of amides is 3. The maximum absolute atomic E-state index is 12.7. The van der Waals surface area contributed by atoms with Crippen LogP contribution >= 0.6 is 0 Å². The highest BCUT2D eigenvalue weighted by molar-refractivity contribution is 6.00. The number of anilines is 3. The first-order chi connectivity index (χ1) is 14.6. The number of carbonyl (C=O) groups is 2. The van der Waals surface area contributed by atoms with Crippen molar-refractivity contribution in [2.75, 3.05) is 16.0 Å². The fourth-order valence-corrected chi connectivity index (χ4v) is 3.93. The van der Waals surface area contributed by atoms with Crippen molar-refractivity contribution in [1.82, 2.24) is 0 Å². The molecule has 0 aliphatic heterocycles. The van der Waals surface area contributed by atoms with Crippen LogP contribution in [0, 0.1) is 6.92 Å². The summed E-state index contributed by atoms with van der Waals surface area (Å²) >= 11 is 0. The number of para-hydroxylation sites is 1. The summed E-state index contributed by atoms with van der Waals surface area (Å²) in [7, 11) is 0. The average Bonchev–Trinajstić information content (AvgIpc) is 3.14. The number of benzene rings is 3. The number of rotatable bonds is 5. The van der Waals surface area contributed by atoms with Gasteiger partial charge in [0.1, 0.15) is 0 Å². The summed E-state index contributed by atoms with van der Waals surface area (Å²) in [5, 5.41) is 8.62. The van der Waals surface area contributed by atoms with Crippen molar-refractivity contribution in [3.05, 3.63) is 89.5 Å². The minimum Gasteiger partial charge on any atom is -0.326 e. The van der Waals surface area contributed by atoms with Gasteiger partial charge in [0.25, 0.3) is 0 Å². The van der Waals surface area contributed by atoms with Crippen LogP contribution in [0.25, 0.3) is 0 Å². The maximum atomic E-state index is 12.7. The number of nitrogens with one attached hydrogen (secondary N) is 3. The molecule has 1 aliphatic rings. The molecule has 1 atom stereocenters. The van der Waals surface area contributed by atoms with E-state index < -0.39 is 0 Å². The van der Waals surface area contributed by atoms with E-state index in [2.05, 4.69) is 34.1 Å². The molecule has 0 bridgehead atoms. The van der Waals surface area contributed by atoms with Gasteiger partial charge in [-0.3, -0.25) is 4.79 Å². The van der Waals surface area contributed by atoms with Crippen LogP contribution in [0.1, 0.15) is 35.4 Å². The zero-order valence-electron chi connectivity index (χ0n) is 16.9. The number of aryl methyl sites for hydroxylation is 2. The summed E-state index contributed by atoms with van der Waals surface area (Å²) in [6, 6.07) is 22.8. The Labute approximate surface area is 176 Å². The van der Waals surface area contributed by atoms with Gasteiger partial charge in [-0.2, -0.15) is 0 Å². The highest BCUT2D eigenvalue weighted by Gasteiger charge is 2.24. The molecule has 0 spiro atoms. The second kappa shape index (κ2) is 8.82. The Morgan fingerprint density at radius 2 is 1.60 bits per heavy atom. The van der Waals surface area contributed by atoms with E-state index in [0.717, 1.165) is 18.4 Å². The third-order valence-electron chi connectivity index (χ3n) is 5.49. The molecule has 0 saturated heterocycles. The summed E-state index contributed by atoms with van der Waals surface area (Å²) in [4.78, 5) is 24.9. The summed E-state index contributed by atoms with van der Waals surface area (Å²) in [6.07, 6.45) is 2.50. The lowest BCUT2D eigenvalue weighted by Crippen LogP contribution is -2.20. The predicted octanol–water partition coefficient (Wildman–Crippen LogP) is 5.70. The third kappa shape index (κ3) is 4.69. The SMILES string of the molecule is Cc1ccc(NC(=O)Nc2ccccc2)cc1NC(=O)CC1CCc2ccccc21. The van der Waals surface area contributed by atoms with Crippen LogP contribution in [-0.2, 0) is 11.2 Å². The Hall–Kier alpha value is -3.60. The minimum atomic E-state index is -0.329. The number of urea groups is 1. The van der Waals surface area contributed by atoms with Crippen LogP contribution in [0.15, 0.2) is 72.8 Å². The lowest BCUT2D eigenvalue weighted by atomic mass is 9.97. The van der Waals surface area contributed by atoms with E-state index >= 15 is 0 Å². The fraction of sp³-hybridized carbons (Fsp3) is 0.200. The van der Waals surface area contributed by atoms with Crippen LogP contribution in [0.2, 0.25) is 0 Å². The molecule has 0 heterocycles. The van der Waals surface area contributed by atoms with E-state index in [4.69, 9.17) is 0 Å². The van der Waals surface area contributed by atoms with Crippen molar-refractivity contribution >= 4 is 29.0 Å². The molecule has 1 unspecified atom stereocenters. The van der Waals surface area contributed by atoms with Crippen molar-refractivity contribution < 1.29 is 9.59 Å². The lowest BCUT2D eigenvalue weighted by molar-refractivity contribution is -0.116. The molecule has 3 aromatic carbocycles. The Morgan fingerprint density at radius 1 is 0.867 bits per heavy atom. The van der Waals surface area contributed by atoms with E-state index in [1.165, 1.54) is 11.1 Å². The summed E-state index contributed by atoms with van der Waals surface area (Å²) < 4.78 is 0. The number of carbonyl (C=O) groups excluding carboxylic acids is 2. The second-order valence-electron chi connectivity index (χ2n) is 7.66. The third-order valence-corrected chi connectivity index (χ3v) is 5.49. The van der Waals surface area contributed by atoms with Crippen molar-refractivity contribution in [2.45, 2.75) is 32.1 Å². The Bertz CT molecular complexity index is 1060. The molecule has 0 saturated carbocycles. The molecule has 0 fully saturated rings. The van der Waals surface area contributed by atoms with Crippen LogP contribution < -0.4 is 16.0 Å². The highest BCUT2D eigenvalue weighted by atomic mass is 16.2. The van der Waals surface area contributed by atoms with Gasteiger partial charge in [0.15, 0.2) is 0 Å². The molecule has 3 amide bonds. The number of hydrogen-bond donors (Lipinski definition) is 3. The Morgan fingerprint density at radius 3 is 2.43 bits per heavy atom. The molecule has 5 heteroatoms. The number of hydrogen-bond acceptors (Lipinski definition) is 2. The maximum Gasteiger partial charge on any atom is 0.323 e. The van der Waals surface area contributed by atoms with Gasteiger partial charge in [0.2, 0.25) is 5.91 Å². The molecule has 30 heavy (non-hydrogen) atoms. The van der Waals surface area contributed by atoms with Crippen molar-refractivity contribution in [3.8, 4) is 0 Å². The van der Waals surface area contributed by atoms with E-state index in [9.17, 15) is 9.59 Å². The van der Waals surface area contributed by atoms with Gasteiger partial charge in [-0.15, -0.1) is 0 Å². The van der Waals surface area contributed by atoms with Gasteiger partial charge in [0.05, 0.1) is 0 Å². The van der Waals surface area contributed by atoms with Crippen LogP contribution in [-0.4, -0.2) is 11.9 Å². The van der Waals surface area contributed by atoms with Gasteiger partial charge in [0, 0.05) is 23.5 Å². The molecule has 0 aromatic heterocycles. The van der Waals surface area contributed by atoms with Gasteiger partial charge < -0.3 is 16.0 Å². The molecule has 152 valence electrons. The quantitative estimate of drug-likeness (QED) is 0.515. The molecule has 4 rings (SSSR count). The van der Waals surface area contributed by atoms with Gasteiger partial charge in [-0.25, -0.2) is 4.79 Å². The molecular formula is C25H25N3O2. The molecule has 1 aliphatic carbocycles. The fourth-order valence-electron chi connectivity index (χ4n) is 3.93. The zero-order chi connectivity index (χ0) is 20.9. The summed E-state index contributed by atoms with van der Waals surface area (Å²) in [5.74, 6) is 0.255. The van der Waals surface area contributed by atoms with Gasteiger partial charge in [-0.1, -0.05) is 48.5 Å². The van der Waals surface area contributed by atoms with Crippen molar-refractivity contribution in [2.24, 2.45) is 0 Å². The topological polar surface area (TPSA) is 70.2 Å². The standard InChI is InChI=1S/C25H25N3O2/c1-17-11-14-21(27-25(30)26-20-8-3-2-4-9-20)16-23(17)28-24(29)15-19-13-12-18-7-5-6-10-22(18)19/h2-11,14,16,19H,12-13,15H2,1H3,(H,28,29)(H2,26,27,30). The Kier molecular flexibility index (Phi) is 5.80. The molecular weight excluding hydrogens is 374 g/mol. The van der Waals surface area contributed by atoms with E-state index in [0.29, 0.717) is 23.5 Å². The normalized spacial score (nSPS) is 14.6. The molecule has 5 nitrogen and oxygen atoms in total. The first-order valence-electron chi connectivity index (χ1n) is 10.2. The smallest absolute Gasteiger partial charge is 0.323 e. The second-order valence-corrected chi connectivity index (χ2v) is 7.66. The first kappa shape index (κ1) is 19.7. The molecule has 0 radical (unpaired) electrons.